The molecule has 0 fully saturated rings. The van der Waals surface area contributed by atoms with E-state index in [0.29, 0.717) is 0 Å². The number of hydrogen-bond donors (Lipinski definition) is 2. The predicted octanol–water partition coefficient (Wildman–Crippen LogP) is 1.86. The van der Waals surface area contributed by atoms with Crippen LogP contribution < -0.4 is 0 Å². The lowest BCUT2D eigenvalue weighted by Gasteiger charge is -2.02. The zero-order valence-corrected chi connectivity index (χ0v) is 13.2. The van der Waals surface area contributed by atoms with Crippen LogP contribution in [0, 0.1) is 22.9 Å². The fourth-order valence-electron chi connectivity index (χ4n) is 1.12. The first kappa shape index (κ1) is 14.8. The molecule has 1 aromatic carbocycles. The molecular weight excluding hydrogens is 256 g/mol. The third kappa shape index (κ3) is 6.43. The van der Waals surface area contributed by atoms with E-state index in [0.717, 1.165) is 11.1 Å². The van der Waals surface area contributed by atoms with E-state index in [1.807, 2.05) is 24.3 Å². The molecule has 0 radical (unpaired) electrons. The van der Waals surface area contributed by atoms with Crippen molar-refractivity contribution in [2.75, 3.05) is 0 Å². The predicted molar refractivity (Wildman–Crippen MR) is 79.6 cm³/mol. The van der Waals surface area contributed by atoms with Crippen LogP contribution in [0.15, 0.2) is 24.3 Å². The summed E-state index contributed by atoms with van der Waals surface area (Å²) in [6.45, 7) is 7.13. The second-order valence-electron chi connectivity index (χ2n) is 5.20. The van der Waals surface area contributed by atoms with E-state index in [2.05, 4.69) is 22.9 Å². The molecule has 0 saturated carbocycles. The second kappa shape index (κ2) is 5.56. The maximum Gasteiger partial charge on any atom is 0.263 e. The normalized spacial score (nSPS) is 11.0. The quantitative estimate of drug-likeness (QED) is 0.560. The van der Waals surface area contributed by atoms with Crippen LogP contribution in [-0.4, -0.2) is 26.2 Å². The van der Waals surface area contributed by atoms with Gasteiger partial charge in [-0.25, -0.2) is 0 Å². The minimum Gasteiger partial charge on any atom is -0.422 e. The molecule has 1 rings (SSSR count). The maximum absolute atomic E-state index is 9.67. The highest BCUT2D eigenvalue weighted by molar-refractivity contribution is 6.78. The molecule has 0 unspecified atom stereocenters. The first-order valence-corrected chi connectivity index (χ1v) is 11.7. The lowest BCUT2D eigenvalue weighted by molar-refractivity contribution is 0.569. The minimum atomic E-state index is -2.34. The zero-order chi connectivity index (χ0) is 13.8. The van der Waals surface area contributed by atoms with Gasteiger partial charge in [0.2, 0.25) is 0 Å². The largest absolute Gasteiger partial charge is 0.422 e. The van der Waals surface area contributed by atoms with Gasteiger partial charge in [0.25, 0.3) is 16.6 Å². The Hall–Kier alpha value is -1.31. The van der Waals surface area contributed by atoms with Crippen molar-refractivity contribution in [1.82, 2.24) is 0 Å². The highest BCUT2D eigenvalue weighted by Gasteiger charge is 2.12. The Morgan fingerprint density at radius 1 is 0.833 bits per heavy atom. The molecule has 0 aromatic heterocycles. The van der Waals surface area contributed by atoms with Gasteiger partial charge >= 0.3 is 0 Å². The number of hydrogen-bond acceptors (Lipinski definition) is 2. The average Bonchev–Trinajstić information content (AvgIpc) is 2.22. The van der Waals surface area contributed by atoms with Gasteiger partial charge in [-0.05, 0) is 44.4 Å². The summed E-state index contributed by atoms with van der Waals surface area (Å²) in [6, 6.07) is 7.53. The van der Waals surface area contributed by atoms with Gasteiger partial charge in [-0.15, -0.1) is 0 Å². The second-order valence-corrected chi connectivity index (χ2v) is 11.9. The average molecular weight is 274 g/mol. The monoisotopic (exact) mass is 274 g/mol. The Kier molecular flexibility index (Phi) is 4.55. The van der Waals surface area contributed by atoms with E-state index in [-0.39, 0.29) is 0 Å². The van der Waals surface area contributed by atoms with Crippen LogP contribution in [0.25, 0.3) is 0 Å². The summed E-state index contributed by atoms with van der Waals surface area (Å²) in [5.41, 5.74) is 7.47. The highest BCUT2D eigenvalue weighted by atomic mass is 28.4. The molecule has 0 amide bonds. The van der Waals surface area contributed by atoms with Gasteiger partial charge in [0, 0.05) is 11.1 Å². The zero-order valence-electron chi connectivity index (χ0n) is 11.2. The lowest BCUT2D eigenvalue weighted by atomic mass is 10.1. The molecule has 2 N–H and O–H groups in total. The molecule has 0 saturated heterocycles. The van der Waals surface area contributed by atoms with Crippen molar-refractivity contribution < 1.29 is 9.59 Å². The summed E-state index contributed by atoms with van der Waals surface area (Å²) in [5.74, 6) is 5.93. The molecule has 94 valence electrons. The van der Waals surface area contributed by atoms with Crippen molar-refractivity contribution in [3.05, 3.63) is 35.4 Å². The Bertz CT molecular complexity index is 496. The molecule has 0 aliphatic heterocycles. The SMILES string of the molecule is C[Si](C)(O)C#Cc1cccc(C#C[Si](C)(C)O)c1. The van der Waals surface area contributed by atoms with E-state index < -0.39 is 16.6 Å². The third-order valence-electron chi connectivity index (χ3n) is 1.89. The van der Waals surface area contributed by atoms with Gasteiger partial charge in [0.1, 0.15) is 0 Å². The van der Waals surface area contributed by atoms with Crippen LogP contribution in [-0.2, 0) is 0 Å². The van der Waals surface area contributed by atoms with Gasteiger partial charge < -0.3 is 9.59 Å². The first-order chi connectivity index (χ1) is 8.16. The van der Waals surface area contributed by atoms with E-state index in [1.165, 1.54) is 0 Å². The fraction of sp³-hybridized carbons (Fsp3) is 0.286. The van der Waals surface area contributed by atoms with Crippen LogP contribution in [0.5, 0.6) is 0 Å². The van der Waals surface area contributed by atoms with Gasteiger partial charge in [-0.1, -0.05) is 29.0 Å². The van der Waals surface area contributed by atoms with Crippen molar-refractivity contribution in [1.29, 1.82) is 0 Å². The van der Waals surface area contributed by atoms with Crippen LogP contribution in [0.2, 0.25) is 26.2 Å². The van der Waals surface area contributed by atoms with E-state index in [9.17, 15) is 9.59 Å². The van der Waals surface area contributed by atoms with Crippen molar-refractivity contribution in [3.63, 3.8) is 0 Å². The first-order valence-electron chi connectivity index (χ1n) is 5.77. The van der Waals surface area contributed by atoms with E-state index >= 15 is 0 Å². The molecule has 2 nitrogen and oxygen atoms in total. The van der Waals surface area contributed by atoms with Gasteiger partial charge in [0.05, 0.1) is 0 Å². The van der Waals surface area contributed by atoms with Crippen molar-refractivity contribution in [2.24, 2.45) is 0 Å². The Labute approximate surface area is 111 Å². The Morgan fingerprint density at radius 2 is 1.22 bits per heavy atom. The summed E-state index contributed by atoms with van der Waals surface area (Å²) in [7, 11) is -4.67. The summed E-state index contributed by atoms with van der Waals surface area (Å²) in [6.07, 6.45) is 0. The highest BCUT2D eigenvalue weighted by Crippen LogP contribution is 2.04. The summed E-state index contributed by atoms with van der Waals surface area (Å²) < 4.78 is 0. The Morgan fingerprint density at radius 3 is 1.56 bits per heavy atom. The van der Waals surface area contributed by atoms with E-state index in [4.69, 9.17) is 0 Å². The topological polar surface area (TPSA) is 40.5 Å². The molecule has 0 atom stereocenters. The molecule has 0 heterocycles. The summed E-state index contributed by atoms with van der Waals surface area (Å²) in [5, 5.41) is 0. The van der Waals surface area contributed by atoms with E-state index in [1.54, 1.807) is 26.2 Å². The molecule has 0 bridgehead atoms. The van der Waals surface area contributed by atoms with Gasteiger partial charge in [0.15, 0.2) is 0 Å². The fourth-order valence-corrected chi connectivity index (χ4v) is 2.03. The summed E-state index contributed by atoms with van der Waals surface area (Å²) in [4.78, 5) is 19.3. The smallest absolute Gasteiger partial charge is 0.263 e. The maximum atomic E-state index is 9.67. The molecular formula is C14H18O2Si2. The molecule has 1 aromatic rings. The Balaban J connectivity index is 2.99. The standard InChI is InChI=1S/C14H18O2Si2/c1-17(2,15)10-8-13-6-5-7-14(12-13)9-11-18(3,4)16/h5-7,12,15-16H,1-4H3. The van der Waals surface area contributed by atoms with Crippen LogP contribution in [0.4, 0.5) is 0 Å². The molecule has 0 aliphatic rings. The van der Waals surface area contributed by atoms with Gasteiger partial charge in [-0.3, -0.25) is 0 Å². The minimum absolute atomic E-state index is 0.842. The van der Waals surface area contributed by atoms with Gasteiger partial charge in [-0.2, -0.15) is 0 Å². The third-order valence-corrected chi connectivity index (χ3v) is 3.36. The number of rotatable bonds is 0. The molecule has 0 aliphatic carbocycles. The van der Waals surface area contributed by atoms with Crippen LogP contribution in [0.3, 0.4) is 0 Å². The van der Waals surface area contributed by atoms with Crippen LogP contribution >= 0.6 is 0 Å². The summed E-state index contributed by atoms with van der Waals surface area (Å²) >= 11 is 0. The van der Waals surface area contributed by atoms with Crippen molar-refractivity contribution in [3.8, 4) is 22.9 Å². The van der Waals surface area contributed by atoms with Crippen LogP contribution in [0.1, 0.15) is 11.1 Å². The molecule has 0 spiro atoms. The lowest BCUT2D eigenvalue weighted by Crippen LogP contribution is -2.22. The van der Waals surface area contributed by atoms with Crippen molar-refractivity contribution >= 4 is 16.6 Å². The van der Waals surface area contributed by atoms with Crippen molar-refractivity contribution in [2.45, 2.75) is 26.2 Å². The molecule has 18 heavy (non-hydrogen) atoms. The number of benzene rings is 1. The molecule has 4 heteroatoms.